The van der Waals surface area contributed by atoms with Crippen LogP contribution in [0.15, 0.2) is 0 Å². The Hall–Kier alpha value is 0.250. The fourth-order valence-corrected chi connectivity index (χ4v) is 2.10. The van der Waals surface area contributed by atoms with Gasteiger partial charge in [0, 0.05) is 18.4 Å². The van der Waals surface area contributed by atoms with Crippen LogP contribution < -0.4 is 0 Å². The van der Waals surface area contributed by atoms with Crippen molar-refractivity contribution in [2.24, 2.45) is 11.8 Å². The smallest absolute Gasteiger partial charge is 0.0643 e. The van der Waals surface area contributed by atoms with Crippen LogP contribution in [0.25, 0.3) is 0 Å². The van der Waals surface area contributed by atoms with Gasteiger partial charge in [0.1, 0.15) is 0 Å². The Morgan fingerprint density at radius 1 is 1.30 bits per heavy atom. The Kier molecular flexibility index (Phi) is 1.88. The highest BCUT2D eigenvalue weighted by atomic mass is 35.5. The lowest BCUT2D eigenvalue weighted by Crippen LogP contribution is -2.19. The van der Waals surface area contributed by atoms with Crippen molar-refractivity contribution in [2.75, 3.05) is 12.5 Å². The van der Waals surface area contributed by atoms with Crippen LogP contribution in [0.3, 0.4) is 0 Å². The lowest BCUT2D eigenvalue weighted by Gasteiger charge is -2.14. The van der Waals surface area contributed by atoms with E-state index < -0.39 is 0 Å². The van der Waals surface area contributed by atoms with E-state index in [1.54, 1.807) is 0 Å². The molecule has 0 spiro atoms. The van der Waals surface area contributed by atoms with Crippen molar-refractivity contribution in [3.63, 3.8) is 0 Å². The second kappa shape index (κ2) is 2.71. The first-order chi connectivity index (χ1) is 4.92. The number of hydrogen-bond acceptors (Lipinski definition) is 1. The standard InChI is InChI=1S/C8H13ClO/c9-5-7-3-4-10-8(7)6-1-2-6/h6-8H,1-5H2. The van der Waals surface area contributed by atoms with Gasteiger partial charge in [0.15, 0.2) is 0 Å². The SMILES string of the molecule is ClCC1CCOC1C1CC1. The van der Waals surface area contributed by atoms with Gasteiger partial charge < -0.3 is 4.74 Å². The van der Waals surface area contributed by atoms with Crippen molar-refractivity contribution in [3.05, 3.63) is 0 Å². The molecular formula is C8H13ClO. The van der Waals surface area contributed by atoms with Crippen molar-refractivity contribution >= 4 is 11.6 Å². The van der Waals surface area contributed by atoms with Crippen molar-refractivity contribution in [1.29, 1.82) is 0 Å². The summed E-state index contributed by atoms with van der Waals surface area (Å²) in [4.78, 5) is 0. The van der Waals surface area contributed by atoms with Crippen molar-refractivity contribution in [3.8, 4) is 0 Å². The minimum atomic E-state index is 0.525. The number of halogens is 1. The molecule has 1 aliphatic carbocycles. The number of rotatable bonds is 2. The Labute approximate surface area is 66.7 Å². The molecule has 10 heavy (non-hydrogen) atoms. The molecule has 0 radical (unpaired) electrons. The molecule has 0 bridgehead atoms. The minimum absolute atomic E-state index is 0.525. The summed E-state index contributed by atoms with van der Waals surface area (Å²) in [6.45, 7) is 0.943. The molecule has 1 heterocycles. The molecule has 2 fully saturated rings. The first-order valence-electron chi connectivity index (χ1n) is 4.09. The van der Waals surface area contributed by atoms with E-state index in [4.69, 9.17) is 16.3 Å². The Morgan fingerprint density at radius 2 is 2.10 bits per heavy atom. The van der Waals surface area contributed by atoms with Crippen LogP contribution in [0, 0.1) is 11.8 Å². The normalized spacial score (nSPS) is 40.5. The summed E-state index contributed by atoms with van der Waals surface area (Å²) in [6, 6.07) is 0. The third-order valence-electron chi connectivity index (χ3n) is 2.55. The van der Waals surface area contributed by atoms with Gasteiger partial charge in [-0.25, -0.2) is 0 Å². The molecule has 1 nitrogen and oxygen atoms in total. The van der Waals surface area contributed by atoms with Gasteiger partial charge in [0.05, 0.1) is 6.10 Å². The second-order valence-electron chi connectivity index (χ2n) is 3.38. The first kappa shape index (κ1) is 6.93. The summed E-state index contributed by atoms with van der Waals surface area (Å²) < 4.78 is 5.60. The van der Waals surface area contributed by atoms with E-state index >= 15 is 0 Å². The van der Waals surface area contributed by atoms with Gasteiger partial charge >= 0.3 is 0 Å². The molecule has 0 aromatic rings. The van der Waals surface area contributed by atoms with Crippen LogP contribution in [0.2, 0.25) is 0 Å². The van der Waals surface area contributed by atoms with Crippen LogP contribution >= 0.6 is 11.6 Å². The van der Waals surface area contributed by atoms with Gasteiger partial charge in [-0.1, -0.05) is 0 Å². The average Bonchev–Trinajstić information content (AvgIpc) is 2.69. The highest BCUT2D eigenvalue weighted by Gasteiger charge is 2.39. The third kappa shape index (κ3) is 1.17. The minimum Gasteiger partial charge on any atom is -0.378 e. The Balaban J connectivity index is 1.91. The number of alkyl halides is 1. The summed E-state index contributed by atoms with van der Waals surface area (Å²) in [6.07, 6.45) is 4.46. The summed E-state index contributed by atoms with van der Waals surface area (Å²) in [7, 11) is 0. The predicted octanol–water partition coefficient (Wildman–Crippen LogP) is 2.04. The van der Waals surface area contributed by atoms with Crippen molar-refractivity contribution in [1.82, 2.24) is 0 Å². The number of ether oxygens (including phenoxy) is 1. The lowest BCUT2D eigenvalue weighted by atomic mass is 10.0. The van der Waals surface area contributed by atoms with Crippen molar-refractivity contribution in [2.45, 2.75) is 25.4 Å². The van der Waals surface area contributed by atoms with Gasteiger partial charge in [-0.2, -0.15) is 0 Å². The molecule has 0 aromatic heterocycles. The molecular weight excluding hydrogens is 148 g/mol. The molecule has 2 aliphatic rings. The van der Waals surface area contributed by atoms with Crippen LogP contribution in [0.4, 0.5) is 0 Å². The van der Waals surface area contributed by atoms with E-state index in [-0.39, 0.29) is 0 Å². The zero-order valence-electron chi connectivity index (χ0n) is 6.05. The van der Waals surface area contributed by atoms with E-state index in [0.717, 1.165) is 18.4 Å². The monoisotopic (exact) mass is 160 g/mol. The van der Waals surface area contributed by atoms with E-state index in [0.29, 0.717) is 12.0 Å². The van der Waals surface area contributed by atoms with E-state index in [9.17, 15) is 0 Å². The average molecular weight is 161 g/mol. The van der Waals surface area contributed by atoms with Gasteiger partial charge in [0.25, 0.3) is 0 Å². The maximum Gasteiger partial charge on any atom is 0.0643 e. The molecule has 0 amide bonds. The molecule has 0 aromatic carbocycles. The van der Waals surface area contributed by atoms with Gasteiger partial charge in [-0.3, -0.25) is 0 Å². The molecule has 0 N–H and O–H groups in total. The zero-order chi connectivity index (χ0) is 6.97. The third-order valence-corrected chi connectivity index (χ3v) is 2.94. The molecule has 2 atom stereocenters. The van der Waals surface area contributed by atoms with Gasteiger partial charge in [0.2, 0.25) is 0 Å². The first-order valence-corrected chi connectivity index (χ1v) is 4.63. The molecule has 1 aliphatic heterocycles. The van der Waals surface area contributed by atoms with E-state index in [2.05, 4.69) is 0 Å². The summed E-state index contributed by atoms with van der Waals surface area (Å²) in [5.74, 6) is 2.32. The van der Waals surface area contributed by atoms with Crippen LogP contribution in [0.5, 0.6) is 0 Å². The molecule has 2 rings (SSSR count). The summed E-state index contributed by atoms with van der Waals surface area (Å²) in [5.41, 5.74) is 0. The maximum absolute atomic E-state index is 5.79. The van der Waals surface area contributed by atoms with Crippen LogP contribution in [-0.2, 0) is 4.74 Å². The van der Waals surface area contributed by atoms with Crippen LogP contribution in [-0.4, -0.2) is 18.6 Å². The maximum atomic E-state index is 5.79. The van der Waals surface area contributed by atoms with E-state index in [1.807, 2.05) is 0 Å². The Morgan fingerprint density at radius 3 is 2.70 bits per heavy atom. The topological polar surface area (TPSA) is 9.23 Å². The Bertz CT molecular complexity index is 122. The van der Waals surface area contributed by atoms with Crippen LogP contribution in [0.1, 0.15) is 19.3 Å². The van der Waals surface area contributed by atoms with E-state index in [1.165, 1.54) is 19.3 Å². The highest BCUT2D eigenvalue weighted by Crippen LogP contribution is 2.41. The quantitative estimate of drug-likeness (QED) is 0.562. The largest absolute Gasteiger partial charge is 0.378 e. The fourth-order valence-electron chi connectivity index (χ4n) is 1.77. The van der Waals surface area contributed by atoms with Crippen molar-refractivity contribution < 1.29 is 4.74 Å². The molecule has 1 saturated heterocycles. The molecule has 1 saturated carbocycles. The number of hydrogen-bond donors (Lipinski definition) is 0. The molecule has 58 valence electrons. The summed E-state index contributed by atoms with van der Waals surface area (Å²) in [5, 5.41) is 0. The van der Waals surface area contributed by atoms with Gasteiger partial charge in [-0.15, -0.1) is 11.6 Å². The zero-order valence-corrected chi connectivity index (χ0v) is 6.81. The molecule has 2 unspecified atom stereocenters. The lowest BCUT2D eigenvalue weighted by molar-refractivity contribution is 0.0772. The second-order valence-corrected chi connectivity index (χ2v) is 3.68. The fraction of sp³-hybridized carbons (Fsp3) is 1.00. The summed E-state index contributed by atoms with van der Waals surface area (Å²) >= 11 is 5.79. The highest BCUT2D eigenvalue weighted by molar-refractivity contribution is 6.18. The van der Waals surface area contributed by atoms with Gasteiger partial charge in [-0.05, 0) is 25.2 Å². The predicted molar refractivity (Wildman–Crippen MR) is 41.3 cm³/mol. The molecule has 2 heteroatoms.